The molecule has 4 N–H and O–H groups in total. The zero-order valence-corrected chi connectivity index (χ0v) is 94.6. The Morgan fingerprint density at radius 2 is 0.638 bits per heavy atom. The van der Waals surface area contributed by atoms with Crippen LogP contribution >= 0.6 is 57.7 Å². The normalized spacial score (nSPS) is 11.0. The van der Waals surface area contributed by atoms with E-state index >= 15 is 0 Å². The minimum Gasteiger partial charge on any atom is -0.512 e. The van der Waals surface area contributed by atoms with Crippen molar-refractivity contribution < 1.29 is 140 Å². The van der Waals surface area contributed by atoms with E-state index in [4.69, 9.17) is 5.11 Å². The Morgan fingerprint density at radius 1 is 0.304 bits per heavy atom. The molecule has 138 heavy (non-hydrogen) atoms. The van der Waals surface area contributed by atoms with Crippen LogP contribution in [-0.4, -0.2) is 75.4 Å². The summed E-state index contributed by atoms with van der Waals surface area (Å²) in [5.41, 5.74) is 11.4. The number of fused-ring (bicyclic) bond motifs is 6. The number of nitrogens with zero attached hydrogens (tertiary/aromatic N) is 7. The predicted molar refractivity (Wildman–Crippen MR) is 555 cm³/mol. The van der Waals surface area contributed by atoms with Crippen LogP contribution in [0.3, 0.4) is 0 Å². The zero-order chi connectivity index (χ0) is 95.3. The standard InChI is InChI=1S/C17H10NS.C17H32O2.C15H12O2.2C13H8NS.2C12H7N2S.C9H16O2.C5H8O2.5Ir/c1-2-8-13-12(6-1)7-5-10-14(13)17-15-9-3-4-11-16(15)19-18-17;1-10(2)16(11(3)4)14(18)9-15(19)17(12(5)6)13(7)8;16-14(12-7-3-1-4-8-12)11-15(17)13-9-5-2-6-10-13;2*1-2-6-10(7-3-1)13-11-8-4-5-9-12(11)15-14-13;2*1-2-6-11-10(5-1)12(14-15-11)9-4-3-7-13-8-9;1-6(2)8(10)5-9(11)7(3)4;1-4(6)3-5(2)7;;;;;/h1-9,11H;9-13,16-18H,1-8H3;1-11,16H;2*1-6,8-9H;2*1-7H;5-7,10H,1-4H3;3,6H,1-2H3;;;;;/q-1;;;4*-1;;;;;;;. The second-order valence-electron chi connectivity index (χ2n) is 32.8. The second kappa shape index (κ2) is 61.2. The molecule has 0 aliphatic carbocycles. The van der Waals surface area contributed by atoms with E-state index in [0.29, 0.717) is 34.8 Å². The Balaban J connectivity index is 0.000000275. The minimum atomic E-state index is -0.202. The van der Waals surface area contributed by atoms with E-state index in [1.54, 1.807) is 60.3 Å². The van der Waals surface area contributed by atoms with Crippen LogP contribution in [0.25, 0.3) is 123 Å². The molecule has 0 saturated carbocycles. The summed E-state index contributed by atoms with van der Waals surface area (Å²) in [6, 6.07) is 105. The monoisotopic (exact) mass is 2820 g/mol. The van der Waals surface area contributed by atoms with Crippen molar-refractivity contribution in [3.8, 4) is 56.3 Å². The van der Waals surface area contributed by atoms with Crippen molar-refractivity contribution in [1.29, 1.82) is 0 Å². The predicted octanol–water partition coefficient (Wildman–Crippen LogP) is 30.4. The van der Waals surface area contributed by atoms with E-state index in [9.17, 15) is 34.5 Å². The number of carbonyl (C=O) groups is 4. The first-order chi connectivity index (χ1) is 64.2. The number of rotatable bonds is 19. The van der Waals surface area contributed by atoms with Crippen molar-refractivity contribution in [2.75, 3.05) is 0 Å². The van der Waals surface area contributed by atoms with Crippen molar-refractivity contribution in [2.45, 2.75) is 96.9 Å². The van der Waals surface area contributed by atoms with Crippen LogP contribution in [-0.2, 0) is 115 Å². The fourth-order valence-electron chi connectivity index (χ4n) is 14.2. The molecule has 7 heterocycles. The average molecular weight is 2810 g/mol. The Bertz CT molecular complexity index is 6410. The van der Waals surface area contributed by atoms with Gasteiger partial charge in [-0.2, -0.15) is 0 Å². The van der Waals surface area contributed by atoms with Crippen LogP contribution in [0.4, 0.5) is 0 Å². The van der Waals surface area contributed by atoms with Crippen molar-refractivity contribution >= 4 is 148 Å². The molecule has 0 fully saturated rings. The first-order valence-corrected chi connectivity index (χ1v) is 47.6. The summed E-state index contributed by atoms with van der Waals surface area (Å²) in [4.78, 5) is 53.2. The fraction of sp³-hybridized carbons (Fsp3) is 0.195. The number of aromatic nitrogens is 7. The van der Waals surface area contributed by atoms with Gasteiger partial charge in [0, 0.05) is 212 Å². The van der Waals surface area contributed by atoms with Gasteiger partial charge in [-0.25, -0.2) is 21.9 Å². The van der Waals surface area contributed by atoms with Gasteiger partial charge in [-0.15, -0.1) is 136 Å². The van der Waals surface area contributed by atoms with Gasteiger partial charge in [0.1, 0.15) is 5.76 Å². The van der Waals surface area contributed by atoms with Gasteiger partial charge in [-0.05, 0) is 165 Å². The van der Waals surface area contributed by atoms with Gasteiger partial charge in [0.05, 0.1) is 17.3 Å². The van der Waals surface area contributed by atoms with Crippen LogP contribution in [0.2, 0.25) is 0 Å². The number of benzene rings is 11. The third kappa shape index (κ3) is 35.4. The molecule has 0 unspecified atom stereocenters. The smallest absolute Gasteiger partial charge is 0.189 e. The summed E-state index contributed by atoms with van der Waals surface area (Å²) >= 11 is 7.65. The van der Waals surface area contributed by atoms with Gasteiger partial charge >= 0.3 is 0 Å². The number of aliphatic hydroxyl groups excluding tert-OH is 4. The van der Waals surface area contributed by atoms with E-state index in [-0.39, 0.29) is 170 Å². The molecule has 18 aromatic rings. The molecule has 0 saturated heterocycles. The molecular weight excluding hydrogens is 2700 g/mol. The summed E-state index contributed by atoms with van der Waals surface area (Å²) in [5.74, 6) is 1.51. The van der Waals surface area contributed by atoms with Crippen LogP contribution in [0.5, 0.6) is 0 Å². The maximum atomic E-state index is 12.3. The van der Waals surface area contributed by atoms with Crippen molar-refractivity contribution in [3.05, 3.63) is 387 Å². The molecule has 0 atom stereocenters. The second-order valence-corrected chi connectivity index (χ2v) is 36.8. The number of aliphatic hydroxyl groups is 4. The first-order valence-electron chi connectivity index (χ1n) is 43.7. The van der Waals surface area contributed by atoms with Crippen molar-refractivity contribution in [3.63, 3.8) is 0 Å². The number of hydrogen-bond acceptors (Lipinski definition) is 20. The van der Waals surface area contributed by atoms with Crippen molar-refractivity contribution in [1.82, 2.24) is 31.8 Å². The molecule has 7 aromatic heterocycles. The summed E-state index contributed by atoms with van der Waals surface area (Å²) in [7, 11) is 0. The molecule has 11 aromatic carbocycles. The molecule has 15 nitrogen and oxygen atoms in total. The Morgan fingerprint density at radius 3 is 0.978 bits per heavy atom. The van der Waals surface area contributed by atoms with E-state index in [1.165, 1.54) is 145 Å². The quantitative estimate of drug-likeness (QED) is 0.0255. The van der Waals surface area contributed by atoms with E-state index in [0.717, 1.165) is 56.3 Å². The van der Waals surface area contributed by atoms with Gasteiger partial charge in [0.15, 0.2) is 23.1 Å². The first kappa shape index (κ1) is 118. The number of allylic oxidation sites excluding steroid dienone is 7. The Hall–Kier alpha value is -10.5. The molecule has 0 aliphatic rings. The maximum Gasteiger partial charge on any atom is 0.189 e. The molecule has 0 bridgehead atoms. The third-order valence-electron chi connectivity index (χ3n) is 20.6. The molecule has 0 aliphatic heterocycles. The number of hydrogen-bond donors (Lipinski definition) is 4. The molecule has 0 spiro atoms. The van der Waals surface area contributed by atoms with E-state index < -0.39 is 0 Å². The van der Waals surface area contributed by atoms with Crippen LogP contribution in [0.1, 0.15) is 113 Å². The van der Waals surface area contributed by atoms with E-state index in [1.807, 2.05) is 179 Å². The summed E-state index contributed by atoms with van der Waals surface area (Å²) in [6.45, 7) is 26.8. The summed E-state index contributed by atoms with van der Waals surface area (Å²) in [5, 5.41) is 46.0. The maximum absolute atomic E-state index is 12.3. The van der Waals surface area contributed by atoms with Gasteiger partial charge in [-0.3, -0.25) is 19.2 Å². The molecule has 723 valence electrons. The number of carbonyl (C=O) groups excluding carboxylic acids is 4. The summed E-state index contributed by atoms with van der Waals surface area (Å²) < 4.78 is 28.5. The average Bonchev–Trinajstić information content (AvgIpc) is 1.67. The molecule has 0 amide bonds. The van der Waals surface area contributed by atoms with Crippen molar-refractivity contribution in [2.24, 2.45) is 47.3 Å². The minimum absolute atomic E-state index is 0. The molecule has 18 rings (SSSR count). The molecular formula is C113H108Ir5N7O8S5-5. The van der Waals surface area contributed by atoms with Crippen LogP contribution in [0, 0.1) is 77.9 Å². The van der Waals surface area contributed by atoms with Gasteiger partial charge < -0.3 is 30.4 Å². The largest absolute Gasteiger partial charge is 0.512 e. The Kier molecular flexibility index (Phi) is 52.3. The van der Waals surface area contributed by atoms with E-state index in [2.05, 4.69) is 221 Å². The third-order valence-corrected chi connectivity index (χ3v) is 24.7. The van der Waals surface area contributed by atoms with Gasteiger partial charge in [0.25, 0.3) is 0 Å². The summed E-state index contributed by atoms with van der Waals surface area (Å²) in [6.07, 6.45) is 14.6. The number of ketones is 4. The Labute approximate surface area is 898 Å². The molecule has 5 radical (unpaired) electrons. The SMILES string of the molecule is CC(=O)C=C(C)O.CC(C)C(=O)C=C(O)C(C)C.CC(C)C(C(=O)C=C(O)C(C(C)C)C(C)C)C(C)C.O=C(C=C(O)c1ccccc1)c1ccccc1.[Ir].[Ir].[Ir].[Ir].[Ir].[c-]1ccc2ccccc2c1-c1nsc2ccccc12.[c-]1ccccc1-c1nsc2ccccc12.[c-]1ccccc1-c1nsc2ccccc12.[c-]1ncccc1-c1nsc2ccccc12.[c-]1ncccc1-c1nsc2ccccc12. The van der Waals surface area contributed by atoms with Crippen LogP contribution in [0.15, 0.2) is 345 Å². The number of pyridine rings is 2. The fourth-order valence-corrected chi connectivity index (χ4v) is 18.2. The van der Waals surface area contributed by atoms with Crippen LogP contribution < -0.4 is 0 Å². The molecule has 25 heteroatoms. The zero-order valence-electron chi connectivity index (χ0n) is 78.6. The van der Waals surface area contributed by atoms with Gasteiger partial charge in [0.2, 0.25) is 0 Å². The van der Waals surface area contributed by atoms with Gasteiger partial charge in [-0.1, -0.05) is 277 Å². The topological polar surface area (TPSA) is 239 Å².